The molecule has 1 aromatic carbocycles. The third-order valence-corrected chi connectivity index (χ3v) is 3.96. The second-order valence-corrected chi connectivity index (χ2v) is 5.25. The summed E-state index contributed by atoms with van der Waals surface area (Å²) in [5.41, 5.74) is 3.53. The first kappa shape index (κ1) is 12.9. The highest BCUT2D eigenvalue weighted by Gasteiger charge is 2.19. The summed E-state index contributed by atoms with van der Waals surface area (Å²) >= 11 is 0. The number of carboxylic acid groups (broad SMARTS) is 1. The predicted molar refractivity (Wildman–Crippen MR) is 72.7 cm³/mol. The fraction of sp³-hybridized carbons (Fsp3) is 0.438. The fourth-order valence-electron chi connectivity index (χ4n) is 2.60. The lowest BCUT2D eigenvalue weighted by Gasteiger charge is -2.12. The summed E-state index contributed by atoms with van der Waals surface area (Å²) in [6.45, 7) is 5.84. The molecule has 2 rings (SSSR count). The molecule has 2 heteroatoms. The Morgan fingerprint density at radius 2 is 2.11 bits per heavy atom. The molecule has 2 unspecified atom stereocenters. The van der Waals surface area contributed by atoms with Gasteiger partial charge < -0.3 is 5.11 Å². The number of hydrogen-bond acceptors (Lipinski definition) is 1. The zero-order chi connectivity index (χ0) is 13.1. The Hall–Kier alpha value is -1.57. The molecule has 1 N–H and O–H groups in total. The SMILES string of the molecule is C=C1CCCC1Cc1ccc(C(C)C(=O)O)cc1. The molecule has 0 spiro atoms. The van der Waals surface area contributed by atoms with Crippen molar-refractivity contribution in [2.45, 2.75) is 38.5 Å². The molecule has 18 heavy (non-hydrogen) atoms. The minimum atomic E-state index is -0.771. The predicted octanol–water partition coefficient (Wildman–Crippen LogP) is 3.77. The van der Waals surface area contributed by atoms with E-state index < -0.39 is 11.9 Å². The summed E-state index contributed by atoms with van der Waals surface area (Å²) in [5.74, 6) is -0.583. The van der Waals surface area contributed by atoms with Crippen LogP contribution in [-0.2, 0) is 11.2 Å². The van der Waals surface area contributed by atoms with Gasteiger partial charge in [0.2, 0.25) is 0 Å². The van der Waals surface area contributed by atoms with Gasteiger partial charge in [-0.15, -0.1) is 0 Å². The molecule has 0 aliphatic heterocycles. The molecule has 0 radical (unpaired) electrons. The van der Waals surface area contributed by atoms with Crippen LogP contribution in [0.3, 0.4) is 0 Å². The first-order chi connectivity index (χ1) is 8.58. The van der Waals surface area contributed by atoms with Crippen molar-refractivity contribution in [1.29, 1.82) is 0 Å². The normalized spacial score (nSPS) is 20.9. The fourth-order valence-corrected chi connectivity index (χ4v) is 2.60. The molecule has 0 saturated heterocycles. The number of carbonyl (C=O) groups is 1. The highest BCUT2D eigenvalue weighted by Crippen LogP contribution is 2.32. The molecule has 2 nitrogen and oxygen atoms in total. The van der Waals surface area contributed by atoms with E-state index in [9.17, 15) is 4.79 Å². The summed E-state index contributed by atoms with van der Waals surface area (Å²) in [6, 6.07) is 7.98. The highest BCUT2D eigenvalue weighted by atomic mass is 16.4. The molecule has 0 aromatic heterocycles. The number of rotatable bonds is 4. The van der Waals surface area contributed by atoms with Gasteiger partial charge in [-0.05, 0) is 49.7 Å². The first-order valence-electron chi connectivity index (χ1n) is 6.57. The average Bonchev–Trinajstić information content (AvgIpc) is 2.75. The lowest BCUT2D eigenvalue weighted by atomic mass is 9.93. The summed E-state index contributed by atoms with van der Waals surface area (Å²) in [6.07, 6.45) is 4.71. The van der Waals surface area contributed by atoms with Crippen LogP contribution in [-0.4, -0.2) is 11.1 Å². The minimum Gasteiger partial charge on any atom is -0.481 e. The third-order valence-electron chi connectivity index (χ3n) is 3.96. The molecule has 1 aliphatic rings. The largest absolute Gasteiger partial charge is 0.481 e. The van der Waals surface area contributed by atoms with E-state index in [0.717, 1.165) is 12.0 Å². The van der Waals surface area contributed by atoms with Crippen LogP contribution in [0.2, 0.25) is 0 Å². The van der Waals surface area contributed by atoms with Crippen molar-refractivity contribution in [3.63, 3.8) is 0 Å². The van der Waals surface area contributed by atoms with Gasteiger partial charge in [0.25, 0.3) is 0 Å². The van der Waals surface area contributed by atoms with Crippen molar-refractivity contribution in [1.82, 2.24) is 0 Å². The van der Waals surface area contributed by atoms with Gasteiger partial charge in [0.15, 0.2) is 0 Å². The molecule has 1 fully saturated rings. The molecule has 2 atom stereocenters. The van der Waals surface area contributed by atoms with Gasteiger partial charge >= 0.3 is 5.97 Å². The Morgan fingerprint density at radius 1 is 1.44 bits per heavy atom. The molecule has 0 bridgehead atoms. The smallest absolute Gasteiger partial charge is 0.310 e. The van der Waals surface area contributed by atoms with Crippen LogP contribution in [0, 0.1) is 5.92 Å². The van der Waals surface area contributed by atoms with Gasteiger partial charge in [-0.3, -0.25) is 4.79 Å². The van der Waals surface area contributed by atoms with Gasteiger partial charge in [-0.1, -0.05) is 36.4 Å². The molecule has 1 aliphatic carbocycles. The Labute approximate surface area is 108 Å². The number of benzene rings is 1. The van der Waals surface area contributed by atoms with Crippen LogP contribution in [0.5, 0.6) is 0 Å². The van der Waals surface area contributed by atoms with Gasteiger partial charge in [-0.25, -0.2) is 0 Å². The van der Waals surface area contributed by atoms with Gasteiger partial charge in [0.05, 0.1) is 5.92 Å². The Bertz CT molecular complexity index is 445. The van der Waals surface area contributed by atoms with E-state index in [1.165, 1.54) is 30.4 Å². The van der Waals surface area contributed by atoms with Crippen LogP contribution < -0.4 is 0 Å². The summed E-state index contributed by atoms with van der Waals surface area (Å²) in [4.78, 5) is 10.9. The molecular formula is C16H20O2. The maximum Gasteiger partial charge on any atom is 0.310 e. The van der Waals surface area contributed by atoms with Crippen molar-refractivity contribution in [2.24, 2.45) is 5.92 Å². The summed E-state index contributed by atoms with van der Waals surface area (Å²) < 4.78 is 0. The van der Waals surface area contributed by atoms with Crippen LogP contribution in [0.15, 0.2) is 36.4 Å². The number of aliphatic carboxylic acids is 1. The number of allylic oxidation sites excluding steroid dienone is 1. The molecule has 1 saturated carbocycles. The van der Waals surface area contributed by atoms with E-state index in [1.807, 2.05) is 12.1 Å². The topological polar surface area (TPSA) is 37.3 Å². The van der Waals surface area contributed by atoms with E-state index in [1.54, 1.807) is 6.92 Å². The zero-order valence-corrected chi connectivity index (χ0v) is 10.9. The van der Waals surface area contributed by atoms with E-state index in [-0.39, 0.29) is 0 Å². The monoisotopic (exact) mass is 244 g/mol. The van der Waals surface area contributed by atoms with Gasteiger partial charge in [0, 0.05) is 0 Å². The number of carboxylic acids is 1. The number of hydrogen-bond donors (Lipinski definition) is 1. The van der Waals surface area contributed by atoms with Gasteiger partial charge in [-0.2, -0.15) is 0 Å². The van der Waals surface area contributed by atoms with E-state index in [0.29, 0.717) is 5.92 Å². The highest BCUT2D eigenvalue weighted by molar-refractivity contribution is 5.75. The van der Waals surface area contributed by atoms with Crippen LogP contribution in [0.25, 0.3) is 0 Å². The molecule has 0 heterocycles. The standard InChI is InChI=1S/C16H20O2/c1-11-4-3-5-15(11)10-13-6-8-14(9-7-13)12(2)16(17)18/h6-9,12,15H,1,3-5,10H2,2H3,(H,17,18). The third kappa shape index (κ3) is 2.81. The maximum atomic E-state index is 10.9. The van der Waals surface area contributed by atoms with Crippen molar-refractivity contribution in [2.75, 3.05) is 0 Å². The van der Waals surface area contributed by atoms with Crippen LogP contribution in [0.1, 0.15) is 43.2 Å². The zero-order valence-electron chi connectivity index (χ0n) is 10.9. The Kier molecular flexibility index (Phi) is 3.85. The molecule has 1 aromatic rings. The van der Waals surface area contributed by atoms with Crippen molar-refractivity contribution >= 4 is 5.97 Å². The van der Waals surface area contributed by atoms with Crippen LogP contribution >= 0.6 is 0 Å². The summed E-state index contributed by atoms with van der Waals surface area (Å²) in [5, 5.41) is 8.96. The lowest BCUT2D eigenvalue weighted by Crippen LogP contribution is -2.07. The van der Waals surface area contributed by atoms with E-state index in [2.05, 4.69) is 18.7 Å². The summed E-state index contributed by atoms with van der Waals surface area (Å²) in [7, 11) is 0. The quantitative estimate of drug-likeness (QED) is 0.818. The molecule has 96 valence electrons. The van der Waals surface area contributed by atoms with Crippen molar-refractivity contribution < 1.29 is 9.90 Å². The lowest BCUT2D eigenvalue weighted by molar-refractivity contribution is -0.138. The molecule has 0 amide bonds. The Balaban J connectivity index is 2.03. The minimum absolute atomic E-state index is 0.430. The average molecular weight is 244 g/mol. The van der Waals surface area contributed by atoms with Gasteiger partial charge in [0.1, 0.15) is 0 Å². The second-order valence-electron chi connectivity index (χ2n) is 5.25. The van der Waals surface area contributed by atoms with Crippen LogP contribution in [0.4, 0.5) is 0 Å². The molecular weight excluding hydrogens is 224 g/mol. The maximum absolute atomic E-state index is 10.9. The van der Waals surface area contributed by atoms with Crippen molar-refractivity contribution in [3.05, 3.63) is 47.5 Å². The first-order valence-corrected chi connectivity index (χ1v) is 6.57. The Morgan fingerprint density at radius 3 is 2.61 bits per heavy atom. The van der Waals surface area contributed by atoms with E-state index >= 15 is 0 Å². The van der Waals surface area contributed by atoms with E-state index in [4.69, 9.17) is 5.11 Å². The second kappa shape index (κ2) is 5.38. The van der Waals surface area contributed by atoms with Crippen molar-refractivity contribution in [3.8, 4) is 0 Å².